The van der Waals surface area contributed by atoms with E-state index in [2.05, 4.69) is 10.6 Å². The van der Waals surface area contributed by atoms with Crippen molar-refractivity contribution in [2.45, 2.75) is 31.8 Å². The minimum Gasteiger partial charge on any atom is -0.349 e. The summed E-state index contributed by atoms with van der Waals surface area (Å²) in [4.78, 5) is 11.8. The van der Waals surface area contributed by atoms with E-state index in [0.717, 1.165) is 6.54 Å². The Labute approximate surface area is 121 Å². The highest BCUT2D eigenvalue weighted by atomic mass is 35.5. The first-order valence-corrected chi connectivity index (χ1v) is 6.16. The summed E-state index contributed by atoms with van der Waals surface area (Å²) in [5, 5.41) is 5.79. The second-order valence-corrected chi connectivity index (χ2v) is 4.79. The lowest BCUT2D eigenvalue weighted by molar-refractivity contribution is 0.0917. The van der Waals surface area contributed by atoms with E-state index in [1.54, 1.807) is 0 Å². The fraction of sp³-hybridized carbons (Fsp3) is 0.462. The Morgan fingerprint density at radius 1 is 1.30 bits per heavy atom. The van der Waals surface area contributed by atoms with Crippen LogP contribution in [-0.4, -0.2) is 24.5 Å². The average Bonchev–Trinajstić information content (AvgIpc) is 2.27. The molecule has 1 heterocycles. The average molecular weight is 309 g/mol. The zero-order chi connectivity index (χ0) is 14.0. The summed E-state index contributed by atoms with van der Waals surface area (Å²) in [7, 11) is 0. The van der Waals surface area contributed by atoms with E-state index in [1.165, 1.54) is 0 Å². The van der Waals surface area contributed by atoms with Crippen LogP contribution in [0.5, 0.6) is 0 Å². The largest absolute Gasteiger partial charge is 0.349 e. The SMILES string of the molecule is CC1CC(NC(=O)c2c(F)cc(F)cc2F)CCN1.Cl. The zero-order valence-corrected chi connectivity index (χ0v) is 11.7. The van der Waals surface area contributed by atoms with Crippen LogP contribution in [0.2, 0.25) is 0 Å². The molecule has 3 nitrogen and oxygen atoms in total. The first-order valence-electron chi connectivity index (χ1n) is 6.16. The summed E-state index contributed by atoms with van der Waals surface area (Å²) in [6, 6.07) is 1.11. The molecule has 7 heteroatoms. The van der Waals surface area contributed by atoms with Crippen LogP contribution in [0.4, 0.5) is 13.2 Å². The zero-order valence-electron chi connectivity index (χ0n) is 10.9. The highest BCUT2D eigenvalue weighted by molar-refractivity contribution is 5.94. The molecule has 0 aliphatic carbocycles. The molecule has 1 aliphatic heterocycles. The van der Waals surface area contributed by atoms with E-state index in [4.69, 9.17) is 0 Å². The highest BCUT2D eigenvalue weighted by Crippen LogP contribution is 2.16. The van der Waals surface area contributed by atoms with Gasteiger partial charge in [0.25, 0.3) is 5.91 Å². The topological polar surface area (TPSA) is 41.1 Å². The lowest BCUT2D eigenvalue weighted by Gasteiger charge is -2.28. The van der Waals surface area contributed by atoms with E-state index in [9.17, 15) is 18.0 Å². The second kappa shape index (κ2) is 6.95. The van der Waals surface area contributed by atoms with Gasteiger partial charge in [0.2, 0.25) is 0 Å². The van der Waals surface area contributed by atoms with Crippen LogP contribution in [0.15, 0.2) is 12.1 Å². The van der Waals surface area contributed by atoms with Crippen LogP contribution >= 0.6 is 12.4 Å². The quantitative estimate of drug-likeness (QED) is 0.881. The van der Waals surface area contributed by atoms with Gasteiger partial charge in [-0.1, -0.05) is 0 Å². The van der Waals surface area contributed by atoms with Crippen LogP contribution < -0.4 is 10.6 Å². The van der Waals surface area contributed by atoms with Gasteiger partial charge in [-0.3, -0.25) is 4.79 Å². The Morgan fingerprint density at radius 2 is 1.90 bits per heavy atom. The molecule has 0 aromatic heterocycles. The molecule has 0 radical (unpaired) electrons. The molecule has 1 saturated heterocycles. The molecule has 1 aromatic carbocycles. The lowest BCUT2D eigenvalue weighted by atomic mass is 10.00. The normalized spacial score (nSPS) is 22.0. The first-order chi connectivity index (χ1) is 8.97. The number of carbonyl (C=O) groups excluding carboxylic acids is 1. The Morgan fingerprint density at radius 3 is 2.45 bits per heavy atom. The fourth-order valence-electron chi connectivity index (χ4n) is 2.28. The molecule has 1 aliphatic rings. The third kappa shape index (κ3) is 3.86. The van der Waals surface area contributed by atoms with Gasteiger partial charge in [0.1, 0.15) is 23.0 Å². The molecule has 112 valence electrons. The number of halogens is 4. The smallest absolute Gasteiger partial charge is 0.257 e. The van der Waals surface area contributed by atoms with Gasteiger partial charge in [-0.05, 0) is 26.3 Å². The molecular weight excluding hydrogens is 293 g/mol. The number of piperidine rings is 1. The van der Waals surface area contributed by atoms with Crippen LogP contribution in [0.3, 0.4) is 0 Å². The van der Waals surface area contributed by atoms with Crippen molar-refractivity contribution in [1.82, 2.24) is 10.6 Å². The molecule has 0 saturated carbocycles. The van der Waals surface area contributed by atoms with E-state index in [-0.39, 0.29) is 24.5 Å². The molecule has 1 aromatic rings. The molecule has 20 heavy (non-hydrogen) atoms. The maximum absolute atomic E-state index is 13.4. The molecule has 2 unspecified atom stereocenters. The molecule has 0 bridgehead atoms. The van der Waals surface area contributed by atoms with Crippen LogP contribution in [0.1, 0.15) is 30.1 Å². The van der Waals surface area contributed by atoms with Crippen LogP contribution in [0, 0.1) is 17.5 Å². The van der Waals surface area contributed by atoms with Crippen molar-refractivity contribution in [2.75, 3.05) is 6.54 Å². The summed E-state index contributed by atoms with van der Waals surface area (Å²) in [5.41, 5.74) is -0.729. The summed E-state index contributed by atoms with van der Waals surface area (Å²) in [6.45, 7) is 2.71. The minimum absolute atomic E-state index is 0. The number of hydrogen-bond donors (Lipinski definition) is 2. The van der Waals surface area contributed by atoms with Crippen molar-refractivity contribution >= 4 is 18.3 Å². The molecule has 2 rings (SSSR count). The minimum atomic E-state index is -1.18. The Hall–Kier alpha value is -1.27. The maximum atomic E-state index is 13.4. The molecular formula is C13H16ClF3N2O. The summed E-state index contributed by atoms with van der Waals surface area (Å²) < 4.78 is 39.6. The van der Waals surface area contributed by atoms with Crippen molar-refractivity contribution < 1.29 is 18.0 Å². The van der Waals surface area contributed by atoms with Crippen molar-refractivity contribution in [1.29, 1.82) is 0 Å². The number of carbonyl (C=O) groups is 1. The van der Waals surface area contributed by atoms with Gasteiger partial charge < -0.3 is 10.6 Å². The van der Waals surface area contributed by atoms with Gasteiger partial charge in [-0.15, -0.1) is 12.4 Å². The van der Waals surface area contributed by atoms with Crippen molar-refractivity contribution in [3.63, 3.8) is 0 Å². The third-order valence-corrected chi connectivity index (χ3v) is 3.19. The number of hydrogen-bond acceptors (Lipinski definition) is 2. The van der Waals surface area contributed by atoms with Gasteiger partial charge >= 0.3 is 0 Å². The molecule has 2 N–H and O–H groups in total. The maximum Gasteiger partial charge on any atom is 0.257 e. The summed E-state index contributed by atoms with van der Waals surface area (Å²) in [5.74, 6) is -4.25. The molecule has 2 atom stereocenters. The van der Waals surface area contributed by atoms with E-state index in [0.29, 0.717) is 25.0 Å². The van der Waals surface area contributed by atoms with E-state index >= 15 is 0 Å². The van der Waals surface area contributed by atoms with Crippen molar-refractivity contribution in [3.8, 4) is 0 Å². The summed E-state index contributed by atoms with van der Waals surface area (Å²) >= 11 is 0. The second-order valence-electron chi connectivity index (χ2n) is 4.79. The van der Waals surface area contributed by atoms with Crippen molar-refractivity contribution in [2.24, 2.45) is 0 Å². The lowest BCUT2D eigenvalue weighted by Crippen LogP contribution is -2.46. The van der Waals surface area contributed by atoms with Gasteiger partial charge in [0.15, 0.2) is 0 Å². The van der Waals surface area contributed by atoms with Crippen LogP contribution in [-0.2, 0) is 0 Å². The van der Waals surface area contributed by atoms with E-state index in [1.807, 2.05) is 6.92 Å². The predicted molar refractivity (Wildman–Crippen MR) is 71.5 cm³/mol. The monoisotopic (exact) mass is 308 g/mol. The number of nitrogens with one attached hydrogen (secondary N) is 2. The van der Waals surface area contributed by atoms with Crippen molar-refractivity contribution in [3.05, 3.63) is 35.1 Å². The van der Waals surface area contributed by atoms with Crippen LogP contribution in [0.25, 0.3) is 0 Å². The standard InChI is InChI=1S/C13H15F3N2O.ClH/c1-7-4-9(2-3-17-7)18-13(19)12-10(15)5-8(14)6-11(12)16;/h5-7,9,17H,2-4H2,1H3,(H,18,19);1H. The molecule has 0 spiro atoms. The number of benzene rings is 1. The predicted octanol–water partition coefficient (Wildman–Crippen LogP) is 2.40. The molecule has 1 amide bonds. The fourth-order valence-corrected chi connectivity index (χ4v) is 2.28. The van der Waals surface area contributed by atoms with Gasteiger partial charge in [-0.25, -0.2) is 13.2 Å². The number of rotatable bonds is 2. The van der Waals surface area contributed by atoms with Gasteiger partial charge in [-0.2, -0.15) is 0 Å². The number of amides is 1. The Bertz CT molecular complexity index is 475. The summed E-state index contributed by atoms with van der Waals surface area (Å²) in [6.07, 6.45) is 1.39. The van der Waals surface area contributed by atoms with Gasteiger partial charge in [0, 0.05) is 24.2 Å². The van der Waals surface area contributed by atoms with E-state index < -0.39 is 28.9 Å². The Balaban J connectivity index is 0.00000200. The Kier molecular flexibility index (Phi) is 5.83. The molecule has 1 fully saturated rings. The third-order valence-electron chi connectivity index (χ3n) is 3.19. The van der Waals surface area contributed by atoms with Gasteiger partial charge in [0.05, 0.1) is 0 Å². The highest BCUT2D eigenvalue weighted by Gasteiger charge is 2.24. The first kappa shape index (κ1) is 16.8.